The number of phenolic OH excluding ortho intramolecular Hbond substituents is 1. The van der Waals surface area contributed by atoms with Crippen molar-refractivity contribution in [3.63, 3.8) is 0 Å². The summed E-state index contributed by atoms with van der Waals surface area (Å²) in [6.07, 6.45) is 0. The Labute approximate surface area is 206 Å². The lowest BCUT2D eigenvalue weighted by atomic mass is 9.94. The first-order valence-electron chi connectivity index (χ1n) is 10.6. The van der Waals surface area contributed by atoms with E-state index in [9.17, 15) is 5.11 Å². The van der Waals surface area contributed by atoms with Crippen LogP contribution < -0.4 is 10.1 Å². The number of thiocarbonyl (C=S) groups is 1. The van der Waals surface area contributed by atoms with Crippen LogP contribution in [-0.2, 0) is 6.54 Å². The van der Waals surface area contributed by atoms with Gasteiger partial charge in [0.05, 0.1) is 23.6 Å². The summed E-state index contributed by atoms with van der Waals surface area (Å²) in [6, 6.07) is 18.9. The third kappa shape index (κ3) is 4.15. The summed E-state index contributed by atoms with van der Waals surface area (Å²) >= 11 is 7.31. The van der Waals surface area contributed by atoms with Crippen LogP contribution in [0, 0.1) is 0 Å². The molecule has 0 saturated heterocycles. The summed E-state index contributed by atoms with van der Waals surface area (Å²) in [7, 11) is 1.52. The van der Waals surface area contributed by atoms with Crippen molar-refractivity contribution in [1.29, 1.82) is 0 Å². The Morgan fingerprint density at radius 1 is 1.18 bits per heavy atom. The highest BCUT2D eigenvalue weighted by Crippen LogP contribution is 2.40. The van der Waals surface area contributed by atoms with Gasteiger partial charge in [0.2, 0.25) is 5.82 Å². The summed E-state index contributed by atoms with van der Waals surface area (Å²) in [5.74, 6) is 1.37. The van der Waals surface area contributed by atoms with E-state index in [1.807, 2.05) is 53.6 Å². The number of allylic oxidation sites excluding steroid dienone is 1. The molecule has 0 radical (unpaired) electrons. The van der Waals surface area contributed by atoms with Gasteiger partial charge in [0.25, 0.3) is 5.89 Å². The fraction of sp³-hybridized carbons (Fsp3) is 0.160. The molecule has 1 aliphatic heterocycles. The molecule has 3 heterocycles. The minimum atomic E-state index is -0.395. The molecule has 34 heavy (non-hydrogen) atoms. The number of hydrogen-bond donors (Lipinski definition) is 2. The number of ether oxygens (including phenoxy) is 1. The molecule has 0 bridgehead atoms. The van der Waals surface area contributed by atoms with Gasteiger partial charge in [-0.2, -0.15) is 4.98 Å². The maximum Gasteiger partial charge on any atom is 0.258 e. The maximum absolute atomic E-state index is 10.4. The quantitative estimate of drug-likeness (QED) is 0.349. The molecule has 2 aromatic heterocycles. The highest BCUT2D eigenvalue weighted by molar-refractivity contribution is 7.80. The molecule has 2 aromatic carbocycles. The molecule has 2 N–H and O–H groups in total. The van der Waals surface area contributed by atoms with Gasteiger partial charge in [-0.3, -0.25) is 0 Å². The van der Waals surface area contributed by atoms with E-state index in [2.05, 4.69) is 22.6 Å². The lowest BCUT2D eigenvalue weighted by Crippen LogP contribution is -2.45. The largest absolute Gasteiger partial charge is 0.504 e. The minimum absolute atomic E-state index is 0.0428. The van der Waals surface area contributed by atoms with E-state index >= 15 is 0 Å². The van der Waals surface area contributed by atoms with Crippen molar-refractivity contribution in [2.24, 2.45) is 0 Å². The van der Waals surface area contributed by atoms with Crippen LogP contribution in [0.1, 0.15) is 30.0 Å². The molecule has 0 saturated carbocycles. The first kappa shape index (κ1) is 22.1. The van der Waals surface area contributed by atoms with E-state index in [1.54, 1.807) is 23.5 Å². The van der Waals surface area contributed by atoms with Crippen LogP contribution in [0.15, 0.2) is 76.3 Å². The molecule has 5 rings (SSSR count). The van der Waals surface area contributed by atoms with Gasteiger partial charge in [-0.25, -0.2) is 0 Å². The van der Waals surface area contributed by atoms with Gasteiger partial charge in [-0.15, -0.1) is 11.3 Å². The Morgan fingerprint density at radius 3 is 2.71 bits per heavy atom. The standard InChI is InChI=1S/C25H22N4O3S2/c1-15-21(24-27-23(28-32-24)20-9-6-12-34-20)22(17-10-11-19(31-2)18(30)13-17)26-25(33)29(15)14-16-7-4-3-5-8-16/h3-13,22,30H,14H2,1-2H3,(H,26,33). The van der Waals surface area contributed by atoms with Crippen LogP contribution in [0.5, 0.6) is 11.5 Å². The zero-order valence-corrected chi connectivity index (χ0v) is 20.2. The zero-order chi connectivity index (χ0) is 23.7. The third-order valence-corrected chi connectivity index (χ3v) is 6.92. The van der Waals surface area contributed by atoms with Crippen LogP contribution in [0.4, 0.5) is 0 Å². The SMILES string of the molecule is COc1ccc(C2NC(=S)N(Cc3ccccc3)C(C)=C2c2nc(-c3cccs3)no2)cc1O. The molecule has 4 aromatic rings. The molecule has 0 spiro atoms. The number of aromatic nitrogens is 2. The molecule has 1 unspecified atom stereocenters. The van der Waals surface area contributed by atoms with E-state index in [1.165, 1.54) is 7.11 Å². The van der Waals surface area contributed by atoms with Gasteiger partial charge >= 0.3 is 0 Å². The zero-order valence-electron chi connectivity index (χ0n) is 18.6. The van der Waals surface area contributed by atoms with E-state index in [4.69, 9.17) is 26.5 Å². The van der Waals surface area contributed by atoms with Crippen LogP contribution in [0.3, 0.4) is 0 Å². The number of thiophene rings is 1. The van der Waals surface area contributed by atoms with Gasteiger partial charge in [0, 0.05) is 12.2 Å². The third-order valence-electron chi connectivity index (χ3n) is 5.71. The molecule has 0 fully saturated rings. The Hall–Kier alpha value is -3.69. The predicted molar refractivity (Wildman–Crippen MR) is 135 cm³/mol. The van der Waals surface area contributed by atoms with Gasteiger partial charge in [0.1, 0.15) is 0 Å². The average Bonchev–Trinajstić information content (AvgIpc) is 3.54. The van der Waals surface area contributed by atoms with Gasteiger partial charge in [-0.1, -0.05) is 47.6 Å². The lowest BCUT2D eigenvalue weighted by Gasteiger charge is -2.37. The van der Waals surface area contributed by atoms with Crippen molar-refractivity contribution in [3.05, 3.63) is 88.8 Å². The van der Waals surface area contributed by atoms with E-state index in [0.29, 0.717) is 29.1 Å². The Balaban J connectivity index is 1.61. The number of nitrogens with one attached hydrogen (secondary N) is 1. The number of phenols is 1. The van der Waals surface area contributed by atoms with Crippen LogP contribution >= 0.6 is 23.6 Å². The molecule has 7 nitrogen and oxygen atoms in total. The first-order chi connectivity index (χ1) is 16.5. The van der Waals surface area contributed by atoms with Gasteiger partial charge < -0.3 is 24.6 Å². The summed E-state index contributed by atoms with van der Waals surface area (Å²) < 4.78 is 11.0. The minimum Gasteiger partial charge on any atom is -0.504 e. The van der Waals surface area contributed by atoms with Gasteiger partial charge in [-0.05, 0) is 53.8 Å². The molecule has 9 heteroatoms. The molecule has 0 amide bonds. The smallest absolute Gasteiger partial charge is 0.258 e. The van der Waals surface area contributed by atoms with Crippen molar-refractivity contribution in [1.82, 2.24) is 20.4 Å². The van der Waals surface area contributed by atoms with E-state index in [-0.39, 0.29) is 5.75 Å². The number of methoxy groups -OCH3 is 1. The monoisotopic (exact) mass is 490 g/mol. The van der Waals surface area contributed by atoms with Crippen molar-refractivity contribution < 1.29 is 14.4 Å². The summed E-state index contributed by atoms with van der Waals surface area (Å²) in [4.78, 5) is 7.65. The fourth-order valence-electron chi connectivity index (χ4n) is 3.99. The number of benzene rings is 2. The topological polar surface area (TPSA) is 83.7 Å². The maximum atomic E-state index is 10.4. The van der Waals surface area contributed by atoms with Crippen molar-refractivity contribution in [2.45, 2.75) is 19.5 Å². The van der Waals surface area contributed by atoms with Crippen LogP contribution in [0.2, 0.25) is 0 Å². The highest BCUT2D eigenvalue weighted by Gasteiger charge is 2.34. The van der Waals surface area contributed by atoms with Crippen LogP contribution in [-0.4, -0.2) is 32.4 Å². The number of aromatic hydroxyl groups is 1. The van der Waals surface area contributed by atoms with Crippen LogP contribution in [0.25, 0.3) is 16.3 Å². The van der Waals surface area contributed by atoms with E-state index in [0.717, 1.165) is 27.3 Å². The summed E-state index contributed by atoms with van der Waals surface area (Å²) in [6.45, 7) is 2.59. The average molecular weight is 491 g/mol. The molecular weight excluding hydrogens is 468 g/mol. The number of hydrogen-bond acceptors (Lipinski definition) is 7. The fourth-order valence-corrected chi connectivity index (χ4v) is 4.96. The Morgan fingerprint density at radius 2 is 2.00 bits per heavy atom. The molecule has 0 aliphatic carbocycles. The number of nitrogens with zero attached hydrogens (tertiary/aromatic N) is 3. The Bertz CT molecular complexity index is 1350. The molecule has 172 valence electrons. The lowest BCUT2D eigenvalue weighted by molar-refractivity contribution is 0.372. The summed E-state index contributed by atoms with van der Waals surface area (Å²) in [5, 5.41) is 20.6. The Kier molecular flexibility index (Phi) is 6.04. The first-order valence-corrected chi connectivity index (χ1v) is 11.9. The molecule has 1 aliphatic rings. The van der Waals surface area contributed by atoms with Crippen molar-refractivity contribution >= 4 is 34.2 Å². The van der Waals surface area contributed by atoms with Gasteiger partial charge in [0.15, 0.2) is 16.6 Å². The van der Waals surface area contributed by atoms with Crippen molar-refractivity contribution in [2.75, 3.05) is 7.11 Å². The molecular formula is C25H22N4O3S2. The van der Waals surface area contributed by atoms with E-state index < -0.39 is 6.04 Å². The predicted octanol–water partition coefficient (Wildman–Crippen LogP) is 5.37. The highest BCUT2D eigenvalue weighted by atomic mass is 32.1. The number of rotatable bonds is 6. The second-order valence-electron chi connectivity index (χ2n) is 7.79. The second-order valence-corrected chi connectivity index (χ2v) is 9.12. The summed E-state index contributed by atoms with van der Waals surface area (Å²) in [5.41, 5.74) is 3.61. The van der Waals surface area contributed by atoms with Crippen molar-refractivity contribution in [3.8, 4) is 22.2 Å². The normalized spacial score (nSPS) is 16.0. The second kappa shape index (κ2) is 9.28. The molecule has 1 atom stereocenters.